The second-order valence-corrected chi connectivity index (χ2v) is 5.21. The number of halogens is 1. The van der Waals surface area contributed by atoms with Crippen molar-refractivity contribution in [3.05, 3.63) is 54.6 Å². The quantitative estimate of drug-likeness (QED) is 0.370. The van der Waals surface area contributed by atoms with Crippen molar-refractivity contribution in [3.63, 3.8) is 0 Å². The van der Waals surface area contributed by atoms with Gasteiger partial charge >= 0.3 is 5.97 Å². The standard InChI is InChI=1S/C16H17FN4O4/c1-10(16-18-20-21-19-16)2-5-12(22)8-13(23)9-15(24)25-14-6-3-11(17)4-7-14/h2-7,12-13,22-23H,1,8-9H2,(H,18,19,20,21). The predicted molar refractivity (Wildman–Crippen MR) is 85.6 cm³/mol. The minimum atomic E-state index is -1.11. The molecule has 0 radical (unpaired) electrons. The lowest BCUT2D eigenvalue weighted by Gasteiger charge is -2.12. The van der Waals surface area contributed by atoms with Crippen molar-refractivity contribution < 1.29 is 24.1 Å². The lowest BCUT2D eigenvalue weighted by molar-refractivity contribution is -0.136. The number of hydrogen-bond donors (Lipinski definition) is 3. The van der Waals surface area contributed by atoms with Crippen molar-refractivity contribution in [2.45, 2.75) is 25.0 Å². The molecule has 0 aliphatic rings. The first kappa shape index (κ1) is 18.4. The molecule has 2 unspecified atom stereocenters. The summed E-state index contributed by atoms with van der Waals surface area (Å²) in [5, 5.41) is 32.8. The molecule has 0 amide bonds. The number of rotatable bonds is 8. The molecule has 3 N–H and O–H groups in total. The number of nitrogens with zero attached hydrogens (tertiary/aromatic N) is 3. The van der Waals surface area contributed by atoms with Gasteiger partial charge in [-0.3, -0.25) is 4.79 Å². The number of hydrogen-bond acceptors (Lipinski definition) is 7. The molecule has 2 rings (SSSR count). The Morgan fingerprint density at radius 2 is 2.08 bits per heavy atom. The number of aromatic nitrogens is 4. The molecule has 0 saturated carbocycles. The van der Waals surface area contributed by atoms with Gasteiger partial charge in [0, 0.05) is 12.0 Å². The molecule has 0 aliphatic heterocycles. The Bertz CT molecular complexity index is 731. The Hall–Kier alpha value is -2.91. The van der Waals surface area contributed by atoms with Gasteiger partial charge in [-0.25, -0.2) is 4.39 Å². The summed E-state index contributed by atoms with van der Waals surface area (Å²) in [7, 11) is 0. The molecule has 9 heteroatoms. The average Bonchev–Trinajstić information content (AvgIpc) is 3.09. The van der Waals surface area contributed by atoms with E-state index >= 15 is 0 Å². The van der Waals surface area contributed by atoms with Crippen LogP contribution in [0.5, 0.6) is 5.75 Å². The maximum Gasteiger partial charge on any atom is 0.313 e. The number of ether oxygens (including phenoxy) is 1. The number of benzene rings is 1. The molecule has 0 saturated heterocycles. The largest absolute Gasteiger partial charge is 0.426 e. The number of aliphatic hydroxyl groups is 2. The summed E-state index contributed by atoms with van der Waals surface area (Å²) < 4.78 is 17.7. The number of carbonyl (C=O) groups is 1. The minimum Gasteiger partial charge on any atom is -0.426 e. The number of H-pyrrole nitrogens is 1. The molecule has 0 bridgehead atoms. The lowest BCUT2D eigenvalue weighted by atomic mass is 10.1. The van der Waals surface area contributed by atoms with Gasteiger partial charge in [0.15, 0.2) is 0 Å². The van der Waals surface area contributed by atoms with Crippen LogP contribution in [-0.2, 0) is 4.79 Å². The van der Waals surface area contributed by atoms with Gasteiger partial charge in [-0.05, 0) is 29.5 Å². The first-order chi connectivity index (χ1) is 11.9. The van der Waals surface area contributed by atoms with Gasteiger partial charge in [-0.15, -0.1) is 10.2 Å². The minimum absolute atomic E-state index is 0.0749. The number of aliphatic hydroxyl groups excluding tert-OH is 2. The Labute approximate surface area is 142 Å². The van der Waals surface area contributed by atoms with Crippen molar-refractivity contribution in [2.75, 3.05) is 0 Å². The molecule has 0 aliphatic carbocycles. The molecular formula is C16H17FN4O4. The van der Waals surface area contributed by atoms with Crippen molar-refractivity contribution in [2.24, 2.45) is 0 Å². The number of nitrogens with one attached hydrogen (secondary N) is 1. The van der Waals surface area contributed by atoms with Crippen LogP contribution in [0.4, 0.5) is 4.39 Å². The van der Waals surface area contributed by atoms with E-state index in [1.165, 1.54) is 24.3 Å². The molecule has 1 aromatic carbocycles. The van der Waals surface area contributed by atoms with Gasteiger partial charge < -0.3 is 14.9 Å². The zero-order chi connectivity index (χ0) is 18.2. The third kappa shape index (κ3) is 6.24. The highest BCUT2D eigenvalue weighted by Crippen LogP contribution is 2.14. The van der Waals surface area contributed by atoms with E-state index in [0.29, 0.717) is 5.57 Å². The number of carbonyl (C=O) groups excluding carboxylic acids is 1. The summed E-state index contributed by atoms with van der Waals surface area (Å²) >= 11 is 0. The van der Waals surface area contributed by atoms with Crippen LogP contribution in [0.3, 0.4) is 0 Å². The summed E-state index contributed by atoms with van der Waals surface area (Å²) in [5.41, 5.74) is 0.429. The molecule has 1 aromatic heterocycles. The maximum absolute atomic E-state index is 12.8. The van der Waals surface area contributed by atoms with Crippen molar-refractivity contribution in [1.29, 1.82) is 0 Å². The second-order valence-electron chi connectivity index (χ2n) is 5.21. The normalized spacial score (nSPS) is 13.6. The van der Waals surface area contributed by atoms with E-state index in [9.17, 15) is 19.4 Å². The monoisotopic (exact) mass is 348 g/mol. The average molecular weight is 348 g/mol. The van der Waals surface area contributed by atoms with Crippen LogP contribution in [-0.4, -0.2) is 49.0 Å². The Kier molecular flexibility index (Phi) is 6.49. The lowest BCUT2D eigenvalue weighted by Crippen LogP contribution is -2.22. The summed E-state index contributed by atoms with van der Waals surface area (Å²) in [6, 6.07) is 4.93. The van der Waals surface area contributed by atoms with Gasteiger partial charge in [0.25, 0.3) is 0 Å². The van der Waals surface area contributed by atoms with Crippen LogP contribution in [0.25, 0.3) is 5.57 Å². The fourth-order valence-corrected chi connectivity index (χ4v) is 1.91. The van der Waals surface area contributed by atoms with Crippen LogP contribution >= 0.6 is 0 Å². The third-order valence-corrected chi connectivity index (χ3v) is 3.11. The molecule has 2 aromatic rings. The summed E-state index contributed by atoms with van der Waals surface area (Å²) in [4.78, 5) is 11.7. The van der Waals surface area contributed by atoms with E-state index in [2.05, 4.69) is 27.2 Å². The Balaban J connectivity index is 1.76. The van der Waals surface area contributed by atoms with Crippen LogP contribution in [0.2, 0.25) is 0 Å². The van der Waals surface area contributed by atoms with Gasteiger partial charge in [0.05, 0.1) is 18.6 Å². The first-order valence-corrected chi connectivity index (χ1v) is 7.37. The zero-order valence-electron chi connectivity index (χ0n) is 13.2. The fourth-order valence-electron chi connectivity index (χ4n) is 1.91. The summed E-state index contributed by atoms with van der Waals surface area (Å²) in [6.07, 6.45) is 0.387. The van der Waals surface area contributed by atoms with Crippen molar-refractivity contribution >= 4 is 11.5 Å². The molecule has 132 valence electrons. The molecule has 25 heavy (non-hydrogen) atoms. The van der Waals surface area contributed by atoms with E-state index in [0.717, 1.165) is 12.1 Å². The van der Waals surface area contributed by atoms with Crippen LogP contribution in [0, 0.1) is 5.82 Å². The number of allylic oxidation sites excluding steroid dienone is 2. The zero-order valence-corrected chi connectivity index (χ0v) is 13.2. The van der Waals surface area contributed by atoms with Gasteiger partial charge in [0.1, 0.15) is 11.6 Å². The van der Waals surface area contributed by atoms with Crippen molar-refractivity contribution in [1.82, 2.24) is 20.6 Å². The maximum atomic E-state index is 12.8. The van der Waals surface area contributed by atoms with Crippen LogP contribution in [0.15, 0.2) is 43.0 Å². The highest BCUT2D eigenvalue weighted by Gasteiger charge is 2.16. The van der Waals surface area contributed by atoms with Gasteiger partial charge in [-0.2, -0.15) is 5.21 Å². The topological polar surface area (TPSA) is 121 Å². The SMILES string of the molecule is C=C(C=CC(O)CC(O)CC(=O)Oc1ccc(F)cc1)c1nn[nH]n1. The summed E-state index contributed by atoms with van der Waals surface area (Å²) in [5.74, 6) is -0.675. The number of esters is 1. The van der Waals surface area contributed by atoms with Crippen LogP contribution < -0.4 is 4.74 Å². The van der Waals surface area contributed by atoms with Crippen molar-refractivity contribution in [3.8, 4) is 5.75 Å². The van der Waals surface area contributed by atoms with E-state index in [-0.39, 0.29) is 24.4 Å². The van der Waals surface area contributed by atoms with Crippen LogP contribution in [0.1, 0.15) is 18.7 Å². The van der Waals surface area contributed by atoms with Gasteiger partial charge in [0.2, 0.25) is 5.82 Å². The molecular weight excluding hydrogens is 331 g/mol. The molecule has 0 spiro atoms. The Morgan fingerprint density at radius 3 is 2.72 bits per heavy atom. The van der Waals surface area contributed by atoms with E-state index in [1.54, 1.807) is 0 Å². The number of tetrazole rings is 1. The second kappa shape index (κ2) is 8.81. The Morgan fingerprint density at radius 1 is 1.36 bits per heavy atom. The third-order valence-electron chi connectivity index (χ3n) is 3.11. The summed E-state index contributed by atoms with van der Waals surface area (Å²) in [6.45, 7) is 3.70. The van der Waals surface area contributed by atoms with E-state index in [4.69, 9.17) is 4.74 Å². The van der Waals surface area contributed by atoms with Gasteiger partial charge in [-0.1, -0.05) is 18.7 Å². The van der Waals surface area contributed by atoms with E-state index < -0.39 is 24.0 Å². The molecule has 2 atom stereocenters. The smallest absolute Gasteiger partial charge is 0.313 e. The number of aromatic amines is 1. The fraction of sp³-hybridized carbons (Fsp3) is 0.250. The molecule has 8 nitrogen and oxygen atoms in total. The highest BCUT2D eigenvalue weighted by molar-refractivity contribution is 5.72. The molecule has 1 heterocycles. The van der Waals surface area contributed by atoms with E-state index in [1.807, 2.05) is 0 Å². The predicted octanol–water partition coefficient (Wildman–Crippen LogP) is 1.02. The molecule has 0 fully saturated rings. The highest BCUT2D eigenvalue weighted by atomic mass is 19.1. The first-order valence-electron chi connectivity index (χ1n) is 7.37.